The van der Waals surface area contributed by atoms with Gasteiger partial charge in [0.05, 0.1) is 6.10 Å². The van der Waals surface area contributed by atoms with Crippen molar-refractivity contribution in [2.75, 3.05) is 0 Å². The lowest BCUT2D eigenvalue weighted by molar-refractivity contribution is 0.0545. The van der Waals surface area contributed by atoms with Gasteiger partial charge in [-0.1, -0.05) is 32.4 Å². The number of hydrogen-bond acceptors (Lipinski definition) is 2. The van der Waals surface area contributed by atoms with E-state index in [1.807, 2.05) is 0 Å². The van der Waals surface area contributed by atoms with Gasteiger partial charge in [0.1, 0.15) is 0 Å². The summed E-state index contributed by atoms with van der Waals surface area (Å²) in [4.78, 5) is 0. The zero-order valence-corrected chi connectivity index (χ0v) is 13.7. The molecule has 1 aromatic heterocycles. The molecule has 1 aliphatic carbocycles. The van der Waals surface area contributed by atoms with Gasteiger partial charge in [0.15, 0.2) is 0 Å². The highest BCUT2D eigenvalue weighted by atomic mass is 79.9. The van der Waals surface area contributed by atoms with E-state index in [2.05, 4.69) is 53.4 Å². The van der Waals surface area contributed by atoms with Crippen molar-refractivity contribution < 1.29 is 5.11 Å². The van der Waals surface area contributed by atoms with Crippen molar-refractivity contribution in [1.82, 2.24) is 0 Å². The van der Waals surface area contributed by atoms with E-state index in [1.165, 1.54) is 22.9 Å². The smallest absolute Gasteiger partial charge is 0.0837 e. The molecule has 3 rings (SSSR count). The summed E-state index contributed by atoms with van der Waals surface area (Å²) >= 11 is 5.31. The van der Waals surface area contributed by atoms with Gasteiger partial charge in [-0.25, -0.2) is 0 Å². The minimum Gasteiger partial charge on any atom is -0.388 e. The highest BCUT2D eigenvalue weighted by Gasteiger charge is 2.40. The molecule has 0 bridgehead atoms. The largest absolute Gasteiger partial charge is 0.388 e. The first-order chi connectivity index (χ1) is 9.00. The topological polar surface area (TPSA) is 20.2 Å². The SMILES string of the molecule is CC1(C)CCCC1C(O)c1csc2c(Br)cccc12. The van der Waals surface area contributed by atoms with Gasteiger partial charge < -0.3 is 5.11 Å². The van der Waals surface area contributed by atoms with E-state index in [-0.39, 0.29) is 11.5 Å². The summed E-state index contributed by atoms with van der Waals surface area (Å²) in [5, 5.41) is 14.2. The van der Waals surface area contributed by atoms with E-state index < -0.39 is 0 Å². The van der Waals surface area contributed by atoms with Crippen molar-refractivity contribution in [3.8, 4) is 0 Å². The van der Waals surface area contributed by atoms with Crippen molar-refractivity contribution >= 4 is 37.4 Å². The number of fused-ring (bicyclic) bond motifs is 1. The van der Waals surface area contributed by atoms with Crippen molar-refractivity contribution in [3.05, 3.63) is 33.6 Å². The lowest BCUT2D eigenvalue weighted by Gasteiger charge is -2.31. The van der Waals surface area contributed by atoms with E-state index in [0.717, 1.165) is 16.5 Å². The second-order valence-electron chi connectivity index (χ2n) is 6.24. The van der Waals surface area contributed by atoms with Crippen molar-refractivity contribution in [2.45, 2.75) is 39.2 Å². The summed E-state index contributed by atoms with van der Waals surface area (Å²) in [6, 6.07) is 6.24. The molecule has 1 aromatic carbocycles. The highest BCUT2D eigenvalue weighted by molar-refractivity contribution is 9.10. The number of aliphatic hydroxyl groups excluding tert-OH is 1. The van der Waals surface area contributed by atoms with Crippen LogP contribution < -0.4 is 0 Å². The van der Waals surface area contributed by atoms with Gasteiger partial charge >= 0.3 is 0 Å². The van der Waals surface area contributed by atoms with E-state index in [9.17, 15) is 5.11 Å². The van der Waals surface area contributed by atoms with E-state index in [0.29, 0.717) is 5.92 Å². The van der Waals surface area contributed by atoms with Gasteiger partial charge in [-0.3, -0.25) is 0 Å². The molecule has 19 heavy (non-hydrogen) atoms. The van der Waals surface area contributed by atoms with E-state index in [1.54, 1.807) is 11.3 Å². The van der Waals surface area contributed by atoms with Gasteiger partial charge in [-0.05, 0) is 62.5 Å². The Bertz CT molecular complexity index is 602. The molecule has 0 saturated heterocycles. The number of benzene rings is 1. The fourth-order valence-electron chi connectivity index (χ4n) is 3.43. The lowest BCUT2D eigenvalue weighted by Crippen LogP contribution is -2.23. The molecular weight excluding hydrogens is 320 g/mol. The van der Waals surface area contributed by atoms with Crippen LogP contribution in [0.15, 0.2) is 28.1 Å². The standard InChI is InChI=1S/C16H19BrOS/c1-16(2)8-4-6-12(16)14(18)11-9-19-15-10(11)5-3-7-13(15)17/h3,5,7,9,12,14,18H,4,6,8H2,1-2H3. The Balaban J connectivity index is 2.03. The fraction of sp³-hybridized carbons (Fsp3) is 0.500. The Morgan fingerprint density at radius 2 is 2.21 bits per heavy atom. The molecular formula is C16H19BrOS. The maximum atomic E-state index is 10.8. The van der Waals surface area contributed by atoms with Gasteiger partial charge in [-0.15, -0.1) is 11.3 Å². The molecule has 1 nitrogen and oxygen atoms in total. The van der Waals surface area contributed by atoms with Crippen LogP contribution in [0.1, 0.15) is 44.8 Å². The second-order valence-corrected chi connectivity index (χ2v) is 7.97. The van der Waals surface area contributed by atoms with Gasteiger partial charge in [0.2, 0.25) is 0 Å². The van der Waals surface area contributed by atoms with Crippen LogP contribution in [0.4, 0.5) is 0 Å². The molecule has 102 valence electrons. The average Bonchev–Trinajstić information content (AvgIpc) is 2.92. The van der Waals surface area contributed by atoms with Crippen LogP contribution in [0.5, 0.6) is 0 Å². The first-order valence-corrected chi connectivity index (χ1v) is 8.51. The van der Waals surface area contributed by atoms with Crippen molar-refractivity contribution in [1.29, 1.82) is 0 Å². The van der Waals surface area contributed by atoms with Crippen LogP contribution in [0.25, 0.3) is 10.1 Å². The summed E-state index contributed by atoms with van der Waals surface area (Å²) in [7, 11) is 0. The molecule has 2 aromatic rings. The molecule has 1 fully saturated rings. The number of rotatable bonds is 2. The molecule has 1 aliphatic rings. The normalized spacial score (nSPS) is 23.9. The van der Waals surface area contributed by atoms with Gasteiger partial charge in [-0.2, -0.15) is 0 Å². The zero-order valence-electron chi connectivity index (χ0n) is 11.3. The number of thiophene rings is 1. The summed E-state index contributed by atoms with van der Waals surface area (Å²) in [6.07, 6.45) is 3.26. The number of hydrogen-bond donors (Lipinski definition) is 1. The molecule has 0 amide bonds. The zero-order chi connectivity index (χ0) is 13.6. The predicted octanol–water partition coefficient (Wildman–Crippen LogP) is 5.52. The Morgan fingerprint density at radius 3 is 2.89 bits per heavy atom. The summed E-state index contributed by atoms with van der Waals surface area (Å²) in [5.41, 5.74) is 1.36. The Hall–Kier alpha value is -0.380. The van der Waals surface area contributed by atoms with Crippen LogP contribution in [-0.4, -0.2) is 5.11 Å². The van der Waals surface area contributed by atoms with E-state index in [4.69, 9.17) is 0 Å². The molecule has 2 unspecified atom stereocenters. The van der Waals surface area contributed by atoms with E-state index >= 15 is 0 Å². The molecule has 0 spiro atoms. The molecule has 1 saturated carbocycles. The van der Waals surface area contributed by atoms with Gasteiger partial charge in [0.25, 0.3) is 0 Å². The monoisotopic (exact) mass is 338 g/mol. The molecule has 0 aliphatic heterocycles. The van der Waals surface area contributed by atoms with Crippen molar-refractivity contribution in [2.24, 2.45) is 11.3 Å². The molecule has 0 radical (unpaired) electrons. The fourth-order valence-corrected chi connectivity index (χ4v) is 5.08. The third-order valence-corrected chi connectivity index (χ3v) is 6.59. The third-order valence-electron chi connectivity index (χ3n) is 4.62. The Labute approximate surface area is 126 Å². The van der Waals surface area contributed by atoms with Crippen LogP contribution in [-0.2, 0) is 0 Å². The second kappa shape index (κ2) is 4.87. The Morgan fingerprint density at radius 1 is 1.42 bits per heavy atom. The van der Waals surface area contributed by atoms with Crippen LogP contribution >= 0.6 is 27.3 Å². The first-order valence-electron chi connectivity index (χ1n) is 6.84. The summed E-state index contributed by atoms with van der Waals surface area (Å²) in [5.74, 6) is 0.379. The third kappa shape index (κ3) is 2.26. The maximum Gasteiger partial charge on any atom is 0.0837 e. The number of aliphatic hydroxyl groups is 1. The van der Waals surface area contributed by atoms with Crippen LogP contribution in [0, 0.1) is 11.3 Å². The first kappa shape index (κ1) is 13.6. The summed E-state index contributed by atoms with van der Waals surface area (Å²) in [6.45, 7) is 4.58. The molecule has 1 heterocycles. The quantitative estimate of drug-likeness (QED) is 0.763. The molecule has 2 atom stereocenters. The molecule has 3 heteroatoms. The van der Waals surface area contributed by atoms with Crippen LogP contribution in [0.2, 0.25) is 0 Å². The lowest BCUT2D eigenvalue weighted by atomic mass is 9.77. The summed E-state index contributed by atoms with van der Waals surface area (Å²) < 4.78 is 2.37. The van der Waals surface area contributed by atoms with Gasteiger partial charge in [0, 0.05) is 9.17 Å². The highest BCUT2D eigenvalue weighted by Crippen LogP contribution is 2.50. The average molecular weight is 339 g/mol. The Kier molecular flexibility index (Phi) is 3.48. The predicted molar refractivity (Wildman–Crippen MR) is 85.6 cm³/mol. The minimum absolute atomic E-state index is 0.250. The minimum atomic E-state index is -0.333. The van der Waals surface area contributed by atoms with Crippen LogP contribution in [0.3, 0.4) is 0 Å². The maximum absolute atomic E-state index is 10.8. The molecule has 1 N–H and O–H groups in total. The van der Waals surface area contributed by atoms with Crippen molar-refractivity contribution in [3.63, 3.8) is 0 Å². The number of halogens is 1.